The number of ether oxygens (including phenoxy) is 1. The van der Waals surface area contributed by atoms with Crippen molar-refractivity contribution < 1.29 is 23.3 Å². The molecule has 2 fully saturated rings. The molecule has 3 atom stereocenters. The molecule has 1 spiro atoms. The Kier molecular flexibility index (Phi) is 6.22. The molecule has 1 saturated heterocycles. The molecule has 0 radical (unpaired) electrons. The number of aromatic nitrogens is 2. The van der Waals surface area contributed by atoms with Gasteiger partial charge in [-0.2, -0.15) is 9.67 Å². The third-order valence-corrected chi connectivity index (χ3v) is 8.53. The quantitative estimate of drug-likeness (QED) is 0.393. The summed E-state index contributed by atoms with van der Waals surface area (Å²) < 4.78 is 23.4. The van der Waals surface area contributed by atoms with E-state index < -0.39 is 5.92 Å². The molecular formula is C30H32FN4O3+. The van der Waals surface area contributed by atoms with Crippen LogP contribution in [0.2, 0.25) is 0 Å². The van der Waals surface area contributed by atoms with E-state index >= 15 is 4.39 Å². The van der Waals surface area contributed by atoms with Gasteiger partial charge < -0.3 is 10.1 Å². The average Bonchev–Trinajstić information content (AvgIpc) is 3.24. The minimum Gasteiger partial charge on any atom is -0.381 e. The first kappa shape index (κ1) is 24.7. The Hall–Kier alpha value is -3.65. The van der Waals surface area contributed by atoms with Gasteiger partial charge in [-0.1, -0.05) is 30.3 Å². The zero-order chi connectivity index (χ0) is 26.4. The molecule has 3 aliphatic rings. The number of nitrogens with one attached hydrogen (secondary N) is 1. The smallest absolute Gasteiger partial charge is 0.381 e. The first-order valence-corrected chi connectivity index (χ1v) is 13.2. The van der Waals surface area contributed by atoms with Crippen molar-refractivity contribution in [2.75, 3.05) is 25.6 Å². The summed E-state index contributed by atoms with van der Waals surface area (Å²) in [6, 6.07) is 14.8. The lowest BCUT2D eigenvalue weighted by Crippen LogP contribution is -2.36. The van der Waals surface area contributed by atoms with Gasteiger partial charge in [-0.25, -0.2) is 9.18 Å². The highest BCUT2D eigenvalue weighted by molar-refractivity contribution is 6.03. The molecule has 196 valence electrons. The van der Waals surface area contributed by atoms with Crippen molar-refractivity contribution in [3.05, 3.63) is 82.9 Å². The number of fused-ring (bicyclic) bond motifs is 1. The maximum atomic E-state index is 15.0. The summed E-state index contributed by atoms with van der Waals surface area (Å²) in [6.45, 7) is 1.15. The number of aryl methyl sites for hydroxylation is 1. The summed E-state index contributed by atoms with van der Waals surface area (Å²) >= 11 is 0. The maximum Gasteiger partial charge on any atom is 0.437 e. The zero-order valence-electron chi connectivity index (χ0n) is 21.7. The second-order valence-electron chi connectivity index (χ2n) is 10.9. The van der Waals surface area contributed by atoms with Gasteiger partial charge in [0.05, 0.1) is 6.61 Å². The molecule has 1 N–H and O–H groups in total. The Morgan fingerprint density at radius 2 is 2.03 bits per heavy atom. The fraction of sp³-hybridized carbons (Fsp3) is 0.400. The fourth-order valence-electron chi connectivity index (χ4n) is 6.36. The Morgan fingerprint density at radius 3 is 2.71 bits per heavy atom. The maximum absolute atomic E-state index is 15.0. The highest BCUT2D eigenvalue weighted by Crippen LogP contribution is 2.65. The predicted octanol–water partition coefficient (Wildman–Crippen LogP) is 4.29. The molecule has 2 aromatic carbocycles. The largest absolute Gasteiger partial charge is 0.437 e. The van der Waals surface area contributed by atoms with E-state index in [0.29, 0.717) is 30.2 Å². The SMILES string of the molecule is Cn1nccc1C(=O)[N+](C)=CC(C(=O)Nc1ccc(C2CCOC2)c(F)c1)C1c2ccccc2CC12CC2. The van der Waals surface area contributed by atoms with E-state index in [1.54, 1.807) is 44.7 Å². The lowest BCUT2D eigenvalue weighted by Gasteiger charge is -2.25. The van der Waals surface area contributed by atoms with E-state index in [-0.39, 0.29) is 34.9 Å². The third-order valence-electron chi connectivity index (χ3n) is 8.53. The fourth-order valence-corrected chi connectivity index (χ4v) is 6.36. The first-order chi connectivity index (χ1) is 18.4. The molecule has 1 aromatic heterocycles. The van der Waals surface area contributed by atoms with E-state index in [9.17, 15) is 9.59 Å². The normalized spacial score (nSPS) is 22.3. The van der Waals surface area contributed by atoms with E-state index in [1.807, 2.05) is 12.1 Å². The van der Waals surface area contributed by atoms with Crippen LogP contribution in [0.1, 0.15) is 58.3 Å². The molecule has 2 heterocycles. The Bertz CT molecular complexity index is 1430. The summed E-state index contributed by atoms with van der Waals surface area (Å²) in [5.74, 6) is -1.48. The number of anilines is 1. The molecule has 38 heavy (non-hydrogen) atoms. The number of rotatable bonds is 6. The summed E-state index contributed by atoms with van der Waals surface area (Å²) in [4.78, 5) is 27.2. The Morgan fingerprint density at radius 1 is 1.21 bits per heavy atom. The van der Waals surface area contributed by atoms with Gasteiger partial charge in [-0.3, -0.25) is 9.48 Å². The second-order valence-corrected chi connectivity index (χ2v) is 10.9. The van der Waals surface area contributed by atoms with Crippen LogP contribution in [0.3, 0.4) is 0 Å². The van der Waals surface area contributed by atoms with Crippen LogP contribution in [0, 0.1) is 17.2 Å². The minimum absolute atomic E-state index is 0.0101. The van der Waals surface area contributed by atoms with Gasteiger partial charge in [0.25, 0.3) is 0 Å². The van der Waals surface area contributed by atoms with Crippen LogP contribution in [-0.2, 0) is 23.0 Å². The lowest BCUT2D eigenvalue weighted by atomic mass is 9.78. The number of amides is 2. The van der Waals surface area contributed by atoms with E-state index in [1.165, 1.54) is 20.9 Å². The van der Waals surface area contributed by atoms with Gasteiger partial charge in [0, 0.05) is 37.4 Å². The molecule has 2 amide bonds. The molecule has 2 aliphatic carbocycles. The molecule has 1 aliphatic heterocycles. The number of hydrogen-bond donors (Lipinski definition) is 1. The summed E-state index contributed by atoms with van der Waals surface area (Å²) in [5, 5.41) is 7.07. The van der Waals surface area contributed by atoms with Crippen molar-refractivity contribution in [2.24, 2.45) is 18.4 Å². The van der Waals surface area contributed by atoms with Crippen molar-refractivity contribution in [1.29, 1.82) is 0 Å². The number of carbonyl (C=O) groups excluding carboxylic acids is 2. The van der Waals surface area contributed by atoms with Crippen molar-refractivity contribution in [3.63, 3.8) is 0 Å². The summed E-state index contributed by atoms with van der Waals surface area (Å²) in [5.41, 5.74) is 3.89. The minimum atomic E-state index is -0.616. The number of hydrogen-bond acceptors (Lipinski definition) is 4. The molecule has 0 bridgehead atoms. The van der Waals surface area contributed by atoms with E-state index in [4.69, 9.17) is 4.74 Å². The van der Waals surface area contributed by atoms with Gasteiger partial charge in [-0.05, 0) is 66.0 Å². The zero-order valence-corrected chi connectivity index (χ0v) is 21.7. The highest BCUT2D eigenvalue weighted by Gasteiger charge is 2.58. The molecule has 8 heteroatoms. The molecule has 7 nitrogen and oxygen atoms in total. The first-order valence-electron chi connectivity index (χ1n) is 13.2. The molecule has 3 unspecified atom stereocenters. The van der Waals surface area contributed by atoms with Crippen LogP contribution in [-0.4, -0.2) is 52.6 Å². The molecule has 3 aromatic rings. The lowest BCUT2D eigenvalue weighted by molar-refractivity contribution is -0.392. The van der Waals surface area contributed by atoms with Gasteiger partial charge >= 0.3 is 5.91 Å². The van der Waals surface area contributed by atoms with Gasteiger partial charge in [0.15, 0.2) is 11.9 Å². The van der Waals surface area contributed by atoms with Crippen molar-refractivity contribution in [1.82, 2.24) is 9.78 Å². The van der Waals surface area contributed by atoms with E-state index in [0.717, 1.165) is 31.2 Å². The number of benzene rings is 2. The standard InChI is InChI=1S/C30H31FN4O3/c1-34(29(37)26-9-13-32-35(26)2)17-24(27-23-6-4-3-5-19(23)16-30(27)11-12-30)28(36)33-21-7-8-22(25(31)15-21)20-10-14-38-18-20/h3-9,13,15,17,20,24,27H,10-12,14,16,18H2,1-2H3/p+1. The predicted molar refractivity (Wildman–Crippen MR) is 141 cm³/mol. The number of halogens is 1. The van der Waals surface area contributed by atoms with Gasteiger partial charge in [0.1, 0.15) is 18.8 Å². The third kappa shape index (κ3) is 4.36. The molecule has 1 saturated carbocycles. The van der Waals surface area contributed by atoms with E-state index in [2.05, 4.69) is 22.5 Å². The number of nitrogens with zero attached hydrogens (tertiary/aromatic N) is 3. The van der Waals surface area contributed by atoms with Crippen molar-refractivity contribution in [2.45, 2.75) is 37.5 Å². The second kappa shape index (κ2) is 9.58. The van der Waals surface area contributed by atoms with Gasteiger partial charge in [0.2, 0.25) is 5.91 Å². The Balaban J connectivity index is 1.34. The topological polar surface area (TPSA) is 76.2 Å². The van der Waals surface area contributed by atoms with Crippen LogP contribution in [0.25, 0.3) is 0 Å². The van der Waals surface area contributed by atoms with Crippen LogP contribution >= 0.6 is 0 Å². The van der Waals surface area contributed by atoms with Crippen LogP contribution < -0.4 is 5.32 Å². The Labute approximate surface area is 221 Å². The van der Waals surface area contributed by atoms with Crippen molar-refractivity contribution >= 4 is 23.7 Å². The van der Waals surface area contributed by atoms with Gasteiger partial charge in [-0.15, -0.1) is 0 Å². The summed E-state index contributed by atoms with van der Waals surface area (Å²) in [7, 11) is 3.39. The molecule has 6 rings (SSSR count). The average molecular weight is 516 g/mol. The van der Waals surface area contributed by atoms with Crippen LogP contribution in [0.4, 0.5) is 10.1 Å². The number of carbonyl (C=O) groups is 2. The molecular weight excluding hydrogens is 483 g/mol. The van der Waals surface area contributed by atoms with Crippen molar-refractivity contribution in [3.8, 4) is 0 Å². The highest BCUT2D eigenvalue weighted by atomic mass is 19.1. The monoisotopic (exact) mass is 515 g/mol. The van der Waals surface area contributed by atoms with Crippen LogP contribution in [0.15, 0.2) is 54.7 Å². The van der Waals surface area contributed by atoms with Crippen LogP contribution in [0.5, 0.6) is 0 Å². The summed E-state index contributed by atoms with van der Waals surface area (Å²) in [6.07, 6.45) is 7.11.